The molecule has 0 spiro atoms. The molecule has 1 aliphatic rings. The highest BCUT2D eigenvalue weighted by Gasteiger charge is 2.34. The number of hydrogen-bond donors (Lipinski definition) is 1. The molecule has 26 heavy (non-hydrogen) atoms. The molecular formula is C17H18ClFN4O3. The zero-order valence-electron chi connectivity index (χ0n) is 14.3. The van der Waals surface area contributed by atoms with Crippen LogP contribution >= 0.6 is 11.6 Å². The molecule has 9 heteroatoms. The Balaban J connectivity index is 1.82. The second-order valence-electron chi connectivity index (χ2n) is 6.50. The van der Waals surface area contributed by atoms with Gasteiger partial charge in [-0.2, -0.15) is 0 Å². The highest BCUT2D eigenvalue weighted by Crippen LogP contribution is 2.25. The van der Waals surface area contributed by atoms with Crippen LogP contribution in [0.15, 0.2) is 18.2 Å². The minimum Gasteiger partial charge on any atom is -0.481 e. The molecule has 0 radical (unpaired) electrons. The number of carbonyl (C=O) groups excluding carboxylic acids is 1. The summed E-state index contributed by atoms with van der Waals surface area (Å²) in [4.78, 5) is 25.6. The standard InChI is InChI=1S/C17H18ClFN4O3/c1-9-8-22(6-5-12(9)17(25)26)16(24)15-10(2)23(21-20-15)11-3-4-14(19)13(18)7-11/h3-4,7,9,12H,5-6,8H2,1-2H3,(H,25,26). The van der Waals surface area contributed by atoms with E-state index in [4.69, 9.17) is 11.6 Å². The second-order valence-corrected chi connectivity index (χ2v) is 6.90. The number of halogens is 2. The van der Waals surface area contributed by atoms with E-state index in [1.54, 1.807) is 11.8 Å². The molecule has 138 valence electrons. The first-order chi connectivity index (χ1) is 12.3. The van der Waals surface area contributed by atoms with E-state index >= 15 is 0 Å². The molecule has 7 nitrogen and oxygen atoms in total. The molecule has 2 atom stereocenters. The summed E-state index contributed by atoms with van der Waals surface area (Å²) < 4.78 is 14.8. The SMILES string of the molecule is Cc1c(C(=O)N2CCC(C(=O)O)C(C)C2)nnn1-c1ccc(F)c(Cl)c1. The van der Waals surface area contributed by atoms with Crippen molar-refractivity contribution in [3.63, 3.8) is 0 Å². The molecule has 2 heterocycles. The fourth-order valence-corrected chi connectivity index (χ4v) is 3.41. The molecule has 0 bridgehead atoms. The Morgan fingerprint density at radius 2 is 2.12 bits per heavy atom. The third kappa shape index (κ3) is 3.29. The van der Waals surface area contributed by atoms with E-state index < -0.39 is 17.7 Å². The zero-order valence-corrected chi connectivity index (χ0v) is 15.1. The van der Waals surface area contributed by atoms with Gasteiger partial charge in [-0.15, -0.1) is 5.10 Å². The lowest BCUT2D eigenvalue weighted by molar-refractivity contribution is -0.145. The largest absolute Gasteiger partial charge is 0.481 e. The summed E-state index contributed by atoms with van der Waals surface area (Å²) >= 11 is 5.80. The van der Waals surface area contributed by atoms with Gasteiger partial charge >= 0.3 is 5.97 Å². The van der Waals surface area contributed by atoms with Crippen molar-refractivity contribution in [2.75, 3.05) is 13.1 Å². The lowest BCUT2D eigenvalue weighted by Gasteiger charge is -2.34. The van der Waals surface area contributed by atoms with Gasteiger partial charge in [0.05, 0.1) is 22.3 Å². The molecule has 1 aromatic carbocycles. The molecule has 1 N–H and O–H groups in total. The normalized spacial score (nSPS) is 20.2. The third-order valence-corrected chi connectivity index (χ3v) is 5.04. The van der Waals surface area contributed by atoms with E-state index in [0.29, 0.717) is 30.9 Å². The Morgan fingerprint density at radius 1 is 1.38 bits per heavy atom. The van der Waals surface area contributed by atoms with Crippen molar-refractivity contribution in [2.45, 2.75) is 20.3 Å². The maximum atomic E-state index is 13.3. The van der Waals surface area contributed by atoms with Crippen molar-refractivity contribution >= 4 is 23.5 Å². The van der Waals surface area contributed by atoms with E-state index in [0.717, 1.165) is 0 Å². The van der Waals surface area contributed by atoms with Crippen molar-refractivity contribution in [2.24, 2.45) is 11.8 Å². The van der Waals surface area contributed by atoms with Gasteiger partial charge in [-0.05, 0) is 37.5 Å². The average Bonchev–Trinajstić information content (AvgIpc) is 2.97. The Bertz CT molecular complexity index is 870. The summed E-state index contributed by atoms with van der Waals surface area (Å²) in [6.07, 6.45) is 0.406. The van der Waals surface area contributed by atoms with Gasteiger partial charge in [-0.3, -0.25) is 9.59 Å². The Labute approximate surface area is 154 Å². The molecule has 2 aromatic rings. The molecule has 1 fully saturated rings. The molecular weight excluding hydrogens is 363 g/mol. The molecule has 2 unspecified atom stereocenters. The van der Waals surface area contributed by atoms with Gasteiger partial charge in [0.2, 0.25) is 0 Å². The topological polar surface area (TPSA) is 88.3 Å². The molecule has 1 aromatic heterocycles. The van der Waals surface area contributed by atoms with E-state index in [1.165, 1.54) is 22.9 Å². The van der Waals surface area contributed by atoms with Crippen LogP contribution in [0.4, 0.5) is 4.39 Å². The summed E-state index contributed by atoms with van der Waals surface area (Å²) in [5.41, 5.74) is 1.19. The van der Waals surface area contributed by atoms with Crippen LogP contribution in [0.3, 0.4) is 0 Å². The maximum Gasteiger partial charge on any atom is 0.306 e. The molecule has 1 amide bonds. The number of benzene rings is 1. The number of amides is 1. The number of aliphatic carboxylic acids is 1. The summed E-state index contributed by atoms with van der Waals surface area (Å²) in [5, 5.41) is 17.1. The zero-order chi connectivity index (χ0) is 19.0. The van der Waals surface area contributed by atoms with Gasteiger partial charge in [0.25, 0.3) is 5.91 Å². The Morgan fingerprint density at radius 3 is 2.73 bits per heavy atom. The summed E-state index contributed by atoms with van der Waals surface area (Å²) in [6, 6.07) is 4.13. The molecule has 0 aliphatic carbocycles. The number of likely N-dealkylation sites (tertiary alicyclic amines) is 1. The lowest BCUT2D eigenvalue weighted by atomic mass is 9.87. The number of rotatable bonds is 3. The fourth-order valence-electron chi connectivity index (χ4n) is 3.24. The van der Waals surface area contributed by atoms with Crippen LogP contribution in [0.2, 0.25) is 5.02 Å². The predicted molar refractivity (Wildman–Crippen MR) is 91.9 cm³/mol. The lowest BCUT2D eigenvalue weighted by Crippen LogP contribution is -2.45. The molecule has 1 aliphatic heterocycles. The van der Waals surface area contributed by atoms with Gasteiger partial charge < -0.3 is 10.0 Å². The highest BCUT2D eigenvalue weighted by atomic mass is 35.5. The maximum absolute atomic E-state index is 13.3. The predicted octanol–water partition coefficient (Wildman–Crippen LogP) is 2.55. The number of carboxylic acids is 1. The van der Waals surface area contributed by atoms with Crippen molar-refractivity contribution < 1.29 is 19.1 Å². The van der Waals surface area contributed by atoms with Gasteiger partial charge in [0.1, 0.15) is 5.82 Å². The smallest absolute Gasteiger partial charge is 0.306 e. The summed E-state index contributed by atoms with van der Waals surface area (Å²) in [6.45, 7) is 4.22. The van der Waals surface area contributed by atoms with Crippen LogP contribution in [0.25, 0.3) is 5.69 Å². The van der Waals surface area contributed by atoms with Gasteiger partial charge in [0, 0.05) is 13.1 Å². The first kappa shape index (κ1) is 18.3. The van der Waals surface area contributed by atoms with Crippen molar-refractivity contribution in [3.8, 4) is 5.69 Å². The fraction of sp³-hybridized carbons (Fsp3) is 0.412. The van der Waals surface area contributed by atoms with Crippen LogP contribution in [-0.4, -0.2) is 50.0 Å². The Kier molecular flexibility index (Phi) is 4.95. The number of aromatic nitrogens is 3. The molecule has 1 saturated heterocycles. The van der Waals surface area contributed by atoms with Crippen molar-refractivity contribution in [3.05, 3.63) is 40.4 Å². The number of carboxylic acid groups (broad SMARTS) is 1. The molecule has 3 rings (SSSR count). The van der Waals surface area contributed by atoms with Gasteiger partial charge in [-0.1, -0.05) is 23.7 Å². The Hall–Kier alpha value is -2.48. The summed E-state index contributed by atoms with van der Waals surface area (Å²) in [5.74, 6) is -2.26. The van der Waals surface area contributed by atoms with E-state index in [9.17, 15) is 19.1 Å². The van der Waals surface area contributed by atoms with Gasteiger partial charge in [-0.25, -0.2) is 9.07 Å². The minimum atomic E-state index is -0.833. The van der Waals surface area contributed by atoms with Crippen LogP contribution in [0.1, 0.15) is 29.5 Å². The third-order valence-electron chi connectivity index (χ3n) is 4.75. The number of hydrogen-bond acceptors (Lipinski definition) is 4. The van der Waals surface area contributed by atoms with Crippen molar-refractivity contribution in [1.82, 2.24) is 19.9 Å². The monoisotopic (exact) mass is 380 g/mol. The average molecular weight is 381 g/mol. The number of nitrogens with zero attached hydrogens (tertiary/aromatic N) is 4. The van der Waals surface area contributed by atoms with Crippen LogP contribution in [-0.2, 0) is 4.79 Å². The van der Waals surface area contributed by atoms with Crippen LogP contribution in [0, 0.1) is 24.6 Å². The van der Waals surface area contributed by atoms with Crippen LogP contribution < -0.4 is 0 Å². The minimum absolute atomic E-state index is 0.0464. The second kappa shape index (κ2) is 7.03. The number of carbonyl (C=O) groups is 2. The van der Waals surface area contributed by atoms with E-state index in [-0.39, 0.29) is 22.5 Å². The first-order valence-electron chi connectivity index (χ1n) is 8.19. The quantitative estimate of drug-likeness (QED) is 0.884. The number of piperidine rings is 1. The van der Waals surface area contributed by atoms with Crippen molar-refractivity contribution in [1.29, 1.82) is 0 Å². The van der Waals surface area contributed by atoms with E-state index in [1.807, 2.05) is 6.92 Å². The van der Waals surface area contributed by atoms with Gasteiger partial charge in [0.15, 0.2) is 5.69 Å². The first-order valence-corrected chi connectivity index (χ1v) is 8.57. The highest BCUT2D eigenvalue weighted by molar-refractivity contribution is 6.30. The van der Waals surface area contributed by atoms with E-state index in [2.05, 4.69) is 10.3 Å². The summed E-state index contributed by atoms with van der Waals surface area (Å²) in [7, 11) is 0. The molecule has 0 saturated carbocycles. The van der Waals surface area contributed by atoms with Crippen LogP contribution in [0.5, 0.6) is 0 Å².